The minimum Gasteiger partial charge on any atom is -0.489 e. The SMILES string of the molecule is Clc1ccc(OCc2ccccc2Cl)c(CNCCSc2nnnn2-c2ccccc2)c1. The first-order chi connectivity index (χ1) is 15.7. The number of hydrogen-bond donors (Lipinski definition) is 1. The van der Waals surface area contributed by atoms with E-state index in [4.69, 9.17) is 27.9 Å². The van der Waals surface area contributed by atoms with Gasteiger partial charge in [0.15, 0.2) is 0 Å². The number of tetrazole rings is 1. The molecular formula is C23H21Cl2N5OS. The van der Waals surface area contributed by atoms with Crippen LogP contribution in [0.25, 0.3) is 5.69 Å². The van der Waals surface area contributed by atoms with E-state index < -0.39 is 0 Å². The Morgan fingerprint density at radius 3 is 2.59 bits per heavy atom. The van der Waals surface area contributed by atoms with Crippen LogP contribution >= 0.6 is 35.0 Å². The molecule has 4 aromatic rings. The molecule has 4 rings (SSSR count). The molecule has 0 spiro atoms. The molecule has 0 aliphatic rings. The summed E-state index contributed by atoms with van der Waals surface area (Å²) in [6.07, 6.45) is 0. The van der Waals surface area contributed by atoms with Gasteiger partial charge in [0.1, 0.15) is 12.4 Å². The summed E-state index contributed by atoms with van der Waals surface area (Å²) in [5.74, 6) is 1.59. The maximum Gasteiger partial charge on any atom is 0.214 e. The van der Waals surface area contributed by atoms with Crippen molar-refractivity contribution in [3.05, 3.63) is 94.0 Å². The van der Waals surface area contributed by atoms with Gasteiger partial charge < -0.3 is 10.1 Å². The quantitative estimate of drug-likeness (QED) is 0.238. The highest BCUT2D eigenvalue weighted by Gasteiger charge is 2.09. The maximum absolute atomic E-state index is 6.23. The molecule has 0 amide bonds. The van der Waals surface area contributed by atoms with Crippen molar-refractivity contribution in [3.63, 3.8) is 0 Å². The number of ether oxygens (including phenoxy) is 1. The number of nitrogens with zero attached hydrogens (tertiary/aromatic N) is 4. The number of hydrogen-bond acceptors (Lipinski definition) is 6. The molecule has 0 saturated heterocycles. The van der Waals surface area contributed by atoms with Gasteiger partial charge in [0.25, 0.3) is 0 Å². The first-order valence-corrected chi connectivity index (χ1v) is 11.8. The van der Waals surface area contributed by atoms with E-state index in [1.165, 1.54) is 0 Å². The average Bonchev–Trinajstić information content (AvgIpc) is 3.28. The first-order valence-electron chi connectivity index (χ1n) is 10.0. The Kier molecular flexibility index (Phi) is 8.01. The second-order valence-electron chi connectivity index (χ2n) is 6.87. The third-order valence-corrected chi connectivity index (χ3v) is 6.16. The Hall–Kier alpha value is -2.58. The average molecular weight is 486 g/mol. The van der Waals surface area contributed by atoms with Crippen LogP contribution in [-0.4, -0.2) is 32.5 Å². The van der Waals surface area contributed by atoms with Gasteiger partial charge in [-0.1, -0.05) is 71.4 Å². The second kappa shape index (κ2) is 11.3. The third kappa shape index (κ3) is 6.01. The minimum absolute atomic E-state index is 0.395. The van der Waals surface area contributed by atoms with Gasteiger partial charge >= 0.3 is 0 Å². The van der Waals surface area contributed by atoms with Crippen LogP contribution in [-0.2, 0) is 13.2 Å². The predicted molar refractivity (Wildman–Crippen MR) is 129 cm³/mol. The van der Waals surface area contributed by atoms with E-state index in [1.54, 1.807) is 16.4 Å². The summed E-state index contributed by atoms with van der Waals surface area (Å²) in [6.45, 7) is 1.79. The van der Waals surface area contributed by atoms with Gasteiger partial charge in [-0.25, -0.2) is 0 Å². The largest absolute Gasteiger partial charge is 0.489 e. The molecule has 1 N–H and O–H groups in total. The van der Waals surface area contributed by atoms with Crippen molar-refractivity contribution in [1.82, 2.24) is 25.5 Å². The van der Waals surface area contributed by atoms with Crippen LogP contribution in [0.1, 0.15) is 11.1 Å². The summed E-state index contributed by atoms with van der Waals surface area (Å²) < 4.78 is 7.76. The maximum atomic E-state index is 6.23. The van der Waals surface area contributed by atoms with Crippen LogP contribution in [0.5, 0.6) is 5.75 Å². The van der Waals surface area contributed by atoms with Gasteiger partial charge in [-0.05, 0) is 46.8 Å². The lowest BCUT2D eigenvalue weighted by Crippen LogP contribution is -2.17. The lowest BCUT2D eigenvalue weighted by atomic mass is 10.2. The summed E-state index contributed by atoms with van der Waals surface area (Å²) in [6, 6.07) is 23.1. The Balaban J connectivity index is 1.30. The molecule has 164 valence electrons. The van der Waals surface area contributed by atoms with E-state index in [-0.39, 0.29) is 0 Å². The smallest absolute Gasteiger partial charge is 0.214 e. The van der Waals surface area contributed by atoms with Crippen LogP contribution in [0.2, 0.25) is 10.0 Å². The summed E-state index contributed by atoms with van der Waals surface area (Å²) in [7, 11) is 0. The van der Waals surface area contributed by atoms with Gasteiger partial charge in [-0.15, -0.1) is 5.10 Å². The molecule has 9 heteroatoms. The van der Waals surface area contributed by atoms with Gasteiger partial charge in [0.05, 0.1) is 5.69 Å². The highest BCUT2D eigenvalue weighted by Crippen LogP contribution is 2.25. The number of rotatable bonds is 10. The first kappa shape index (κ1) is 22.6. The minimum atomic E-state index is 0.395. The van der Waals surface area contributed by atoms with E-state index >= 15 is 0 Å². The monoisotopic (exact) mass is 485 g/mol. The van der Waals surface area contributed by atoms with Crippen LogP contribution < -0.4 is 10.1 Å². The molecular weight excluding hydrogens is 465 g/mol. The number of para-hydroxylation sites is 1. The van der Waals surface area contributed by atoms with E-state index in [0.717, 1.165) is 40.0 Å². The molecule has 0 radical (unpaired) electrons. The topological polar surface area (TPSA) is 64.9 Å². The molecule has 0 bridgehead atoms. The Morgan fingerprint density at radius 1 is 0.938 bits per heavy atom. The number of nitrogens with one attached hydrogen (secondary N) is 1. The second-order valence-corrected chi connectivity index (χ2v) is 8.77. The van der Waals surface area contributed by atoms with Crippen LogP contribution in [0.15, 0.2) is 78.0 Å². The number of halogens is 2. The normalized spacial score (nSPS) is 10.9. The Bertz CT molecular complexity index is 1160. The van der Waals surface area contributed by atoms with Crippen molar-refractivity contribution in [1.29, 1.82) is 0 Å². The van der Waals surface area contributed by atoms with Crippen molar-refractivity contribution in [2.24, 2.45) is 0 Å². The number of thioether (sulfide) groups is 1. The fourth-order valence-corrected chi connectivity index (χ4v) is 4.21. The van der Waals surface area contributed by atoms with Crippen molar-refractivity contribution in [2.45, 2.75) is 18.3 Å². The molecule has 0 saturated carbocycles. The van der Waals surface area contributed by atoms with Crippen molar-refractivity contribution in [3.8, 4) is 11.4 Å². The Morgan fingerprint density at radius 2 is 1.75 bits per heavy atom. The molecule has 0 unspecified atom stereocenters. The summed E-state index contributed by atoms with van der Waals surface area (Å²) in [5, 5.41) is 17.6. The molecule has 0 aliphatic carbocycles. The molecule has 3 aromatic carbocycles. The summed E-state index contributed by atoms with van der Waals surface area (Å²) in [4.78, 5) is 0. The zero-order valence-electron chi connectivity index (χ0n) is 17.1. The van der Waals surface area contributed by atoms with Gasteiger partial charge in [-0.2, -0.15) is 4.68 Å². The summed E-state index contributed by atoms with van der Waals surface area (Å²) in [5.41, 5.74) is 2.87. The predicted octanol–water partition coefficient (Wildman–Crippen LogP) is 5.43. The molecule has 1 heterocycles. The molecule has 0 aliphatic heterocycles. The number of aromatic nitrogens is 4. The molecule has 0 atom stereocenters. The van der Waals surface area contributed by atoms with Crippen molar-refractivity contribution < 1.29 is 4.74 Å². The van der Waals surface area contributed by atoms with Crippen LogP contribution in [0.3, 0.4) is 0 Å². The molecule has 32 heavy (non-hydrogen) atoms. The molecule has 6 nitrogen and oxygen atoms in total. The fraction of sp³-hybridized carbons (Fsp3) is 0.174. The fourth-order valence-electron chi connectivity index (χ4n) is 3.04. The van der Waals surface area contributed by atoms with E-state index in [0.29, 0.717) is 23.2 Å². The van der Waals surface area contributed by atoms with Gasteiger partial charge in [-0.3, -0.25) is 0 Å². The number of benzene rings is 3. The Labute approximate surface area is 200 Å². The van der Waals surface area contributed by atoms with Crippen LogP contribution in [0.4, 0.5) is 0 Å². The van der Waals surface area contributed by atoms with E-state index in [1.807, 2.05) is 72.8 Å². The van der Waals surface area contributed by atoms with Gasteiger partial charge in [0, 0.05) is 40.0 Å². The van der Waals surface area contributed by atoms with Crippen LogP contribution in [0, 0.1) is 0 Å². The lowest BCUT2D eigenvalue weighted by molar-refractivity contribution is 0.302. The molecule has 0 fully saturated rings. The zero-order chi connectivity index (χ0) is 22.2. The highest BCUT2D eigenvalue weighted by molar-refractivity contribution is 7.99. The van der Waals surface area contributed by atoms with E-state index in [9.17, 15) is 0 Å². The van der Waals surface area contributed by atoms with Crippen molar-refractivity contribution >= 4 is 35.0 Å². The zero-order valence-corrected chi connectivity index (χ0v) is 19.4. The standard InChI is InChI=1S/C23H21Cl2N5OS/c24-19-10-11-22(31-16-17-6-4-5-9-21(17)25)18(14-19)15-26-12-13-32-23-27-28-29-30(23)20-7-2-1-3-8-20/h1-11,14,26H,12-13,15-16H2. The lowest BCUT2D eigenvalue weighted by Gasteiger charge is -2.13. The van der Waals surface area contributed by atoms with Crippen molar-refractivity contribution in [2.75, 3.05) is 12.3 Å². The summed E-state index contributed by atoms with van der Waals surface area (Å²) >= 11 is 14.0. The van der Waals surface area contributed by atoms with Gasteiger partial charge in [0.2, 0.25) is 5.16 Å². The highest BCUT2D eigenvalue weighted by atomic mass is 35.5. The molecule has 1 aromatic heterocycles. The third-order valence-electron chi connectivity index (χ3n) is 4.63. The van der Waals surface area contributed by atoms with E-state index in [2.05, 4.69) is 20.8 Å².